The molecule has 0 spiro atoms. The number of carbonyl (C=O) groups excluding carboxylic acids is 2. The molecule has 1 aromatic carbocycles. The van der Waals surface area contributed by atoms with Gasteiger partial charge in [-0.25, -0.2) is 5.43 Å². The number of aryl methyl sites for hydroxylation is 1. The molecule has 5 nitrogen and oxygen atoms in total. The number of halogens is 7. The zero-order chi connectivity index (χ0) is 24.3. The van der Waals surface area contributed by atoms with Crippen LogP contribution < -0.4 is 10.7 Å². The highest BCUT2D eigenvalue weighted by molar-refractivity contribution is 7.14. The third-order valence-corrected chi connectivity index (χ3v) is 5.36. The van der Waals surface area contributed by atoms with E-state index in [2.05, 4.69) is 10.5 Å². The zero-order valence-electron chi connectivity index (χ0n) is 16.5. The third kappa shape index (κ3) is 5.26. The summed E-state index contributed by atoms with van der Waals surface area (Å²) in [6.07, 6.45) is -5.88. The van der Waals surface area contributed by atoms with Crippen molar-refractivity contribution >= 4 is 34.6 Å². The van der Waals surface area contributed by atoms with Gasteiger partial charge in [-0.3, -0.25) is 9.59 Å². The van der Waals surface area contributed by atoms with Gasteiger partial charge in [-0.2, -0.15) is 35.8 Å². The lowest BCUT2D eigenvalue weighted by Gasteiger charge is -2.27. The van der Waals surface area contributed by atoms with E-state index in [1.807, 2.05) is 6.92 Å². The molecular weight excluding hydrogens is 467 g/mol. The first-order chi connectivity index (χ1) is 14.7. The van der Waals surface area contributed by atoms with Crippen molar-refractivity contribution in [2.45, 2.75) is 38.3 Å². The molecule has 0 atom stereocenters. The lowest BCUT2D eigenvalue weighted by molar-refractivity contribution is -0.343. The van der Waals surface area contributed by atoms with E-state index in [1.165, 1.54) is 35.7 Å². The molecule has 2 aromatic rings. The van der Waals surface area contributed by atoms with E-state index in [1.54, 1.807) is 12.1 Å². The van der Waals surface area contributed by atoms with Gasteiger partial charge in [-0.05, 0) is 43.2 Å². The lowest BCUT2D eigenvalue weighted by atomic mass is 10.1. The van der Waals surface area contributed by atoms with Crippen LogP contribution in [0.1, 0.15) is 34.0 Å². The number of alkyl halides is 7. The summed E-state index contributed by atoms with van der Waals surface area (Å²) in [4.78, 5) is 25.0. The Morgan fingerprint density at radius 3 is 2.25 bits per heavy atom. The minimum absolute atomic E-state index is 0.147. The maximum atomic E-state index is 13.5. The number of hydrazone groups is 1. The largest absolute Gasteiger partial charge is 0.460 e. The van der Waals surface area contributed by atoms with E-state index in [4.69, 9.17) is 0 Å². The molecule has 0 saturated carbocycles. The second kappa shape index (κ2) is 9.27. The van der Waals surface area contributed by atoms with E-state index < -0.39 is 35.5 Å². The number of anilines is 1. The number of benzene rings is 1. The molecule has 0 saturated heterocycles. The van der Waals surface area contributed by atoms with Crippen molar-refractivity contribution in [3.8, 4) is 0 Å². The molecule has 32 heavy (non-hydrogen) atoms. The van der Waals surface area contributed by atoms with Crippen LogP contribution in [0.4, 0.5) is 36.4 Å². The number of hydrogen-bond donors (Lipinski definition) is 2. The molecule has 1 heterocycles. The number of carbonyl (C=O) groups is 2. The number of rotatable bonds is 7. The van der Waals surface area contributed by atoms with Crippen LogP contribution in [0.25, 0.3) is 0 Å². The number of hydrogen-bond acceptors (Lipinski definition) is 4. The molecule has 2 rings (SSSR count). The van der Waals surface area contributed by atoms with E-state index in [0.29, 0.717) is 4.88 Å². The Balaban J connectivity index is 2.14. The summed E-state index contributed by atoms with van der Waals surface area (Å²) in [5.74, 6) is -15.9. The van der Waals surface area contributed by atoms with E-state index >= 15 is 0 Å². The second-order valence-corrected chi connectivity index (χ2v) is 7.61. The SMILES string of the molecule is CCc1ccc(C(=O)NN=C(C)c2cccc(NC(=O)C(F)(F)C(F)(F)C(F)(F)F)c2)s1. The molecule has 0 unspecified atom stereocenters. The third-order valence-electron chi connectivity index (χ3n) is 4.13. The van der Waals surface area contributed by atoms with Crippen LogP contribution in [0.3, 0.4) is 0 Å². The Morgan fingerprint density at radius 2 is 1.69 bits per heavy atom. The van der Waals surface area contributed by atoms with Crippen LogP contribution in [0.5, 0.6) is 0 Å². The summed E-state index contributed by atoms with van der Waals surface area (Å²) >= 11 is 1.26. The van der Waals surface area contributed by atoms with Gasteiger partial charge in [-0.15, -0.1) is 11.3 Å². The van der Waals surface area contributed by atoms with Gasteiger partial charge in [0.05, 0.1) is 10.6 Å². The number of nitrogens with one attached hydrogen (secondary N) is 2. The summed E-state index contributed by atoms with van der Waals surface area (Å²) in [6.45, 7) is 3.33. The second-order valence-electron chi connectivity index (χ2n) is 6.44. The minimum atomic E-state index is -6.63. The number of nitrogens with zero attached hydrogens (tertiary/aromatic N) is 1. The van der Waals surface area contributed by atoms with Crippen molar-refractivity contribution in [2.75, 3.05) is 5.32 Å². The molecule has 1 aromatic heterocycles. The fraction of sp³-hybridized carbons (Fsp3) is 0.316. The molecule has 0 aliphatic heterocycles. The molecule has 0 aliphatic carbocycles. The van der Waals surface area contributed by atoms with Crippen molar-refractivity contribution < 1.29 is 40.3 Å². The molecule has 0 bridgehead atoms. The predicted molar refractivity (Wildman–Crippen MR) is 104 cm³/mol. The van der Waals surface area contributed by atoms with Crippen LogP contribution in [0.2, 0.25) is 0 Å². The average Bonchev–Trinajstić information content (AvgIpc) is 3.20. The number of amides is 2. The maximum Gasteiger partial charge on any atom is 0.460 e. The minimum Gasteiger partial charge on any atom is -0.321 e. The van der Waals surface area contributed by atoms with Gasteiger partial charge in [0.25, 0.3) is 5.91 Å². The van der Waals surface area contributed by atoms with Gasteiger partial charge >= 0.3 is 23.9 Å². The van der Waals surface area contributed by atoms with Crippen molar-refractivity contribution in [1.29, 1.82) is 0 Å². The Kier molecular flexibility index (Phi) is 7.33. The normalized spacial score (nSPS) is 13.1. The van der Waals surface area contributed by atoms with Crippen LogP contribution >= 0.6 is 11.3 Å². The predicted octanol–water partition coefficient (Wildman–Crippen LogP) is 5.24. The molecule has 2 N–H and O–H groups in total. The standard InChI is InChI=1S/C19H16F7N3O2S/c1-3-13-7-8-14(32-13)15(30)29-28-10(2)11-5-4-6-12(9-11)27-16(31)17(20,21)18(22,23)19(24,25)26/h4-9H,3H2,1-2H3,(H,27,31)(H,29,30). The molecular formula is C19H16F7N3O2S. The molecule has 2 amide bonds. The van der Waals surface area contributed by atoms with Gasteiger partial charge in [0.1, 0.15) is 0 Å². The maximum absolute atomic E-state index is 13.5. The summed E-state index contributed by atoms with van der Waals surface area (Å²) < 4.78 is 89.7. The average molecular weight is 483 g/mol. The smallest absolute Gasteiger partial charge is 0.321 e. The summed E-state index contributed by atoms with van der Waals surface area (Å²) in [6, 6.07) is 8.03. The topological polar surface area (TPSA) is 70.6 Å². The number of thiophene rings is 1. The van der Waals surface area contributed by atoms with Gasteiger partial charge in [-0.1, -0.05) is 19.1 Å². The monoisotopic (exact) mass is 483 g/mol. The van der Waals surface area contributed by atoms with Gasteiger partial charge in [0.2, 0.25) is 0 Å². The van der Waals surface area contributed by atoms with Gasteiger partial charge in [0.15, 0.2) is 0 Å². The highest BCUT2D eigenvalue weighted by Crippen LogP contribution is 2.46. The van der Waals surface area contributed by atoms with Crippen molar-refractivity contribution in [1.82, 2.24) is 5.43 Å². The molecule has 0 aliphatic rings. The van der Waals surface area contributed by atoms with Crippen molar-refractivity contribution in [3.05, 3.63) is 51.7 Å². The Hall–Kier alpha value is -2.96. The Morgan fingerprint density at radius 1 is 1.03 bits per heavy atom. The summed E-state index contributed by atoms with van der Waals surface area (Å²) in [7, 11) is 0. The summed E-state index contributed by atoms with van der Waals surface area (Å²) in [5, 5.41) is 5.19. The van der Waals surface area contributed by atoms with Crippen LogP contribution in [0.15, 0.2) is 41.5 Å². The highest BCUT2D eigenvalue weighted by Gasteiger charge is 2.76. The fourth-order valence-electron chi connectivity index (χ4n) is 2.30. The molecule has 174 valence electrons. The Labute approximate surface area is 181 Å². The van der Waals surface area contributed by atoms with Crippen LogP contribution in [0, 0.1) is 0 Å². The first kappa shape index (κ1) is 25.3. The lowest BCUT2D eigenvalue weighted by Crippen LogP contribution is -2.57. The molecule has 13 heteroatoms. The quantitative estimate of drug-likeness (QED) is 0.322. The van der Waals surface area contributed by atoms with Gasteiger partial charge < -0.3 is 5.32 Å². The first-order valence-corrected chi connectivity index (χ1v) is 9.70. The van der Waals surface area contributed by atoms with E-state index in [0.717, 1.165) is 23.4 Å². The molecule has 0 radical (unpaired) electrons. The van der Waals surface area contributed by atoms with Crippen LogP contribution in [-0.2, 0) is 11.2 Å². The van der Waals surface area contributed by atoms with Gasteiger partial charge in [0, 0.05) is 10.6 Å². The Bertz CT molecular complexity index is 1030. The summed E-state index contributed by atoms with van der Waals surface area (Å²) in [5.41, 5.74) is 2.13. The van der Waals surface area contributed by atoms with Crippen molar-refractivity contribution in [3.63, 3.8) is 0 Å². The van der Waals surface area contributed by atoms with Crippen LogP contribution in [-0.4, -0.2) is 35.5 Å². The van der Waals surface area contributed by atoms with Crippen molar-refractivity contribution in [2.24, 2.45) is 5.10 Å². The fourth-order valence-corrected chi connectivity index (χ4v) is 3.13. The highest BCUT2D eigenvalue weighted by atomic mass is 32.1. The van der Waals surface area contributed by atoms with E-state index in [9.17, 15) is 40.3 Å². The zero-order valence-corrected chi connectivity index (χ0v) is 17.3. The first-order valence-electron chi connectivity index (χ1n) is 8.88. The van der Waals surface area contributed by atoms with E-state index in [-0.39, 0.29) is 11.3 Å². The molecule has 0 fully saturated rings.